The number of thioether (sulfide) groups is 2. The molecule has 0 saturated carbocycles. The van der Waals surface area contributed by atoms with Crippen molar-refractivity contribution >= 4 is 23.5 Å². The van der Waals surface area contributed by atoms with Crippen LogP contribution in [0.3, 0.4) is 0 Å². The zero-order valence-corrected chi connectivity index (χ0v) is 12.4. The van der Waals surface area contributed by atoms with Crippen molar-refractivity contribution < 1.29 is 18.9 Å². The van der Waals surface area contributed by atoms with E-state index in [1.165, 1.54) is 5.08 Å². The van der Waals surface area contributed by atoms with Crippen LogP contribution in [0.5, 0.6) is 0 Å². The third kappa shape index (κ3) is 2.99. The van der Waals surface area contributed by atoms with Gasteiger partial charge in [0.2, 0.25) is 0 Å². The molecular weight excluding hydrogens is 272 g/mol. The number of hydrogen-bond donors (Lipinski definition) is 0. The van der Waals surface area contributed by atoms with Crippen LogP contribution in [0.15, 0.2) is 0 Å². The predicted molar refractivity (Wildman–Crippen MR) is 72.3 cm³/mol. The van der Waals surface area contributed by atoms with Crippen molar-refractivity contribution in [2.75, 3.05) is 16.6 Å². The molecule has 3 saturated heterocycles. The molecule has 0 atom stereocenters. The van der Waals surface area contributed by atoms with Crippen molar-refractivity contribution in [2.45, 2.75) is 51.8 Å². The minimum atomic E-state index is -0.0350. The lowest BCUT2D eigenvalue weighted by Gasteiger charge is -2.46. The van der Waals surface area contributed by atoms with E-state index in [0.29, 0.717) is 0 Å². The van der Waals surface area contributed by atoms with Gasteiger partial charge in [0.05, 0.1) is 0 Å². The van der Waals surface area contributed by atoms with E-state index in [1.807, 2.05) is 37.4 Å². The van der Waals surface area contributed by atoms with E-state index in [0.717, 1.165) is 24.3 Å². The number of rotatable bonds is 4. The fourth-order valence-corrected chi connectivity index (χ4v) is 5.52. The molecule has 18 heavy (non-hydrogen) atoms. The van der Waals surface area contributed by atoms with E-state index in [-0.39, 0.29) is 30.6 Å². The van der Waals surface area contributed by atoms with Gasteiger partial charge in [-0.15, -0.1) is 0 Å². The van der Waals surface area contributed by atoms with Crippen LogP contribution in [-0.4, -0.2) is 41.8 Å². The summed E-state index contributed by atoms with van der Waals surface area (Å²) in [4.78, 5) is 0. The number of hydrogen-bond acceptors (Lipinski definition) is 6. The van der Waals surface area contributed by atoms with Crippen molar-refractivity contribution in [1.82, 2.24) is 0 Å². The number of ether oxygens (including phenoxy) is 4. The van der Waals surface area contributed by atoms with Gasteiger partial charge >= 0.3 is 0 Å². The Bertz CT molecular complexity index is 262. The van der Waals surface area contributed by atoms with Gasteiger partial charge in [-0.1, -0.05) is 0 Å². The molecule has 3 rings (SSSR count). The van der Waals surface area contributed by atoms with Gasteiger partial charge in [0.25, 0.3) is 0 Å². The maximum absolute atomic E-state index is 5.60. The Morgan fingerprint density at radius 1 is 0.889 bits per heavy atom. The summed E-state index contributed by atoms with van der Waals surface area (Å²) in [5.74, 6) is 2.30. The van der Waals surface area contributed by atoms with Crippen molar-refractivity contribution in [2.24, 2.45) is 5.41 Å². The summed E-state index contributed by atoms with van der Waals surface area (Å²) in [7, 11) is 0. The van der Waals surface area contributed by atoms with Crippen LogP contribution in [0.4, 0.5) is 0 Å². The zero-order valence-electron chi connectivity index (χ0n) is 10.8. The summed E-state index contributed by atoms with van der Waals surface area (Å²) in [6.07, 6.45) is 1.78. The average Bonchev–Trinajstić information content (AvgIpc) is 2.26. The van der Waals surface area contributed by atoms with Gasteiger partial charge in [0.15, 0.2) is 25.2 Å². The highest BCUT2D eigenvalue weighted by Crippen LogP contribution is 2.46. The minimum absolute atomic E-state index is 0.0307. The van der Waals surface area contributed by atoms with E-state index >= 15 is 0 Å². The molecule has 0 aromatic rings. The monoisotopic (exact) mass is 292 g/mol. The maximum atomic E-state index is 5.60. The molecule has 0 aromatic heterocycles. The third-order valence-electron chi connectivity index (χ3n) is 3.56. The van der Waals surface area contributed by atoms with E-state index in [4.69, 9.17) is 18.9 Å². The fourth-order valence-electron chi connectivity index (χ4n) is 2.71. The molecule has 0 radical (unpaired) electrons. The molecule has 6 heteroatoms. The lowest BCUT2D eigenvalue weighted by atomic mass is 9.84. The molecule has 0 spiro atoms. The van der Waals surface area contributed by atoms with Gasteiger partial charge in [0, 0.05) is 29.4 Å². The van der Waals surface area contributed by atoms with Crippen LogP contribution in [0.2, 0.25) is 0 Å². The maximum Gasteiger partial charge on any atom is 0.164 e. The van der Waals surface area contributed by atoms with Crippen molar-refractivity contribution in [3.8, 4) is 0 Å². The van der Waals surface area contributed by atoms with Gasteiger partial charge in [0.1, 0.15) is 0 Å². The Labute approximate surface area is 116 Å². The Balaban J connectivity index is 1.56. The normalized spacial score (nSPS) is 43.0. The highest BCUT2D eigenvalue weighted by atomic mass is 32.2. The fraction of sp³-hybridized carbons (Fsp3) is 1.00. The smallest absolute Gasteiger partial charge is 0.164 e. The summed E-state index contributed by atoms with van der Waals surface area (Å²) in [6, 6.07) is 0. The van der Waals surface area contributed by atoms with Gasteiger partial charge < -0.3 is 18.9 Å². The van der Waals surface area contributed by atoms with Crippen LogP contribution < -0.4 is 0 Å². The first-order valence-electron chi connectivity index (χ1n) is 6.43. The van der Waals surface area contributed by atoms with E-state index in [9.17, 15) is 0 Å². The van der Waals surface area contributed by atoms with Gasteiger partial charge in [-0.3, -0.25) is 0 Å². The van der Waals surface area contributed by atoms with Crippen molar-refractivity contribution in [3.05, 3.63) is 0 Å². The van der Waals surface area contributed by atoms with Crippen LogP contribution in [0.1, 0.15) is 26.7 Å². The zero-order chi connectivity index (χ0) is 12.6. The molecule has 0 unspecified atom stereocenters. The average molecular weight is 292 g/mol. The lowest BCUT2D eigenvalue weighted by molar-refractivity contribution is -0.395. The Morgan fingerprint density at radius 3 is 1.72 bits per heavy atom. The lowest BCUT2D eigenvalue weighted by Crippen LogP contribution is -2.49. The Morgan fingerprint density at radius 2 is 1.33 bits per heavy atom. The van der Waals surface area contributed by atoms with Crippen molar-refractivity contribution in [1.29, 1.82) is 0 Å². The minimum Gasteiger partial charge on any atom is -0.324 e. The Kier molecular flexibility index (Phi) is 4.13. The summed E-state index contributed by atoms with van der Waals surface area (Å²) in [6.45, 7) is 3.88. The molecule has 0 aliphatic carbocycles. The largest absolute Gasteiger partial charge is 0.324 e. The van der Waals surface area contributed by atoms with E-state index in [2.05, 4.69) is 0 Å². The van der Waals surface area contributed by atoms with Gasteiger partial charge in [-0.25, -0.2) is 0 Å². The second-order valence-corrected chi connectivity index (χ2v) is 7.60. The summed E-state index contributed by atoms with van der Waals surface area (Å²) >= 11 is 3.99. The predicted octanol–water partition coefficient (Wildman–Crippen LogP) is 2.63. The quantitative estimate of drug-likeness (QED) is 0.793. The second-order valence-electron chi connectivity index (χ2n) is 5.26. The standard InChI is InChI=1S/C12H20O4S2/c1-8-13-10(14-8)3-12(5-17-7-18-6-12)4-11-15-9(2)16-11/h8-11H,3-7H2,1-2H3. The first-order valence-corrected chi connectivity index (χ1v) is 8.74. The SMILES string of the molecule is CC1OC(CC2(CC3OC(C)O3)CSCSC2)O1. The summed E-state index contributed by atoms with van der Waals surface area (Å²) in [5.41, 5.74) is 0.225. The second kappa shape index (κ2) is 5.50. The van der Waals surface area contributed by atoms with Gasteiger partial charge in [-0.05, 0) is 19.3 Å². The molecule has 104 valence electrons. The van der Waals surface area contributed by atoms with Crippen molar-refractivity contribution in [3.63, 3.8) is 0 Å². The summed E-state index contributed by atoms with van der Waals surface area (Å²) in [5, 5.41) is 1.19. The highest BCUT2D eigenvalue weighted by Gasteiger charge is 2.44. The molecule has 4 nitrogen and oxygen atoms in total. The van der Waals surface area contributed by atoms with Crippen LogP contribution in [0.25, 0.3) is 0 Å². The molecule has 3 fully saturated rings. The first kappa shape index (κ1) is 13.5. The van der Waals surface area contributed by atoms with Crippen LogP contribution >= 0.6 is 23.5 Å². The molecule has 3 aliphatic rings. The molecule has 0 bridgehead atoms. The third-order valence-corrected chi connectivity index (χ3v) is 6.52. The summed E-state index contributed by atoms with van der Waals surface area (Å²) < 4.78 is 22.4. The molecule has 3 heterocycles. The Hall–Kier alpha value is 0.540. The van der Waals surface area contributed by atoms with Crippen LogP contribution in [-0.2, 0) is 18.9 Å². The van der Waals surface area contributed by atoms with Gasteiger partial charge in [-0.2, -0.15) is 23.5 Å². The molecule has 3 aliphatic heterocycles. The van der Waals surface area contributed by atoms with Crippen LogP contribution in [0, 0.1) is 5.41 Å². The topological polar surface area (TPSA) is 36.9 Å². The molecule has 0 N–H and O–H groups in total. The van der Waals surface area contributed by atoms with E-state index in [1.54, 1.807) is 0 Å². The molecule has 0 aromatic carbocycles. The first-order chi connectivity index (χ1) is 8.65. The molecule has 0 amide bonds. The highest BCUT2D eigenvalue weighted by molar-refractivity contribution is 8.16. The van der Waals surface area contributed by atoms with E-state index < -0.39 is 0 Å². The molecular formula is C12H20O4S2.